The Morgan fingerprint density at radius 1 is 1.44 bits per heavy atom. The largest absolute Gasteiger partial charge is 0.312 e. The molecule has 0 aromatic heterocycles. The predicted molar refractivity (Wildman–Crippen MR) is 66.5 cm³/mol. The molecule has 0 aliphatic carbocycles. The molecule has 0 unspecified atom stereocenters. The van der Waals surface area contributed by atoms with Crippen LogP contribution in [0.3, 0.4) is 0 Å². The predicted octanol–water partition coefficient (Wildman–Crippen LogP) is 2.93. The summed E-state index contributed by atoms with van der Waals surface area (Å²) in [5, 5.41) is 0. The molecule has 16 heavy (non-hydrogen) atoms. The zero-order valence-corrected chi connectivity index (χ0v) is 9.48. The molecule has 1 heterocycles. The van der Waals surface area contributed by atoms with E-state index in [1.54, 1.807) is 6.08 Å². The van der Waals surface area contributed by atoms with E-state index >= 15 is 0 Å². The molecule has 0 saturated heterocycles. The highest BCUT2D eigenvalue weighted by atomic mass is 16.2. The fourth-order valence-corrected chi connectivity index (χ4v) is 2.15. The van der Waals surface area contributed by atoms with Crippen LogP contribution in [0.15, 0.2) is 36.9 Å². The summed E-state index contributed by atoms with van der Waals surface area (Å²) in [6.07, 6.45) is 5.28. The van der Waals surface area contributed by atoms with E-state index in [4.69, 9.17) is 0 Å². The number of para-hydroxylation sites is 1. The molecule has 2 heteroatoms. The highest BCUT2D eigenvalue weighted by molar-refractivity contribution is 5.94. The molecular formula is C14H17NO. The topological polar surface area (TPSA) is 20.3 Å². The van der Waals surface area contributed by atoms with Crippen LogP contribution in [-0.2, 0) is 11.2 Å². The van der Waals surface area contributed by atoms with Crippen molar-refractivity contribution in [1.29, 1.82) is 0 Å². The van der Waals surface area contributed by atoms with Gasteiger partial charge in [-0.3, -0.25) is 4.79 Å². The van der Waals surface area contributed by atoms with Gasteiger partial charge in [0.25, 0.3) is 0 Å². The molecule has 0 bridgehead atoms. The monoisotopic (exact) mass is 215 g/mol. The van der Waals surface area contributed by atoms with Crippen LogP contribution in [-0.4, -0.2) is 12.5 Å². The summed E-state index contributed by atoms with van der Waals surface area (Å²) in [4.78, 5) is 13.9. The number of benzene rings is 1. The second-order valence-corrected chi connectivity index (χ2v) is 4.10. The number of allylic oxidation sites excluding steroid dienone is 1. The van der Waals surface area contributed by atoms with Gasteiger partial charge in [-0.1, -0.05) is 24.3 Å². The van der Waals surface area contributed by atoms with Crippen molar-refractivity contribution in [2.45, 2.75) is 25.7 Å². The molecule has 2 nitrogen and oxygen atoms in total. The zero-order chi connectivity index (χ0) is 11.4. The van der Waals surface area contributed by atoms with Gasteiger partial charge in [0, 0.05) is 18.7 Å². The van der Waals surface area contributed by atoms with Gasteiger partial charge in [-0.15, -0.1) is 6.58 Å². The van der Waals surface area contributed by atoms with Crippen molar-refractivity contribution in [2.75, 3.05) is 11.4 Å². The lowest BCUT2D eigenvalue weighted by molar-refractivity contribution is -0.118. The Bertz CT molecular complexity index is 397. The van der Waals surface area contributed by atoms with E-state index < -0.39 is 0 Å². The van der Waals surface area contributed by atoms with Crippen molar-refractivity contribution in [2.24, 2.45) is 0 Å². The lowest BCUT2D eigenvalue weighted by atomic mass is 10.0. The van der Waals surface area contributed by atoms with E-state index in [0.29, 0.717) is 6.42 Å². The minimum atomic E-state index is 0.215. The fourth-order valence-electron chi connectivity index (χ4n) is 2.15. The maximum absolute atomic E-state index is 12.0. The van der Waals surface area contributed by atoms with Crippen molar-refractivity contribution in [3.8, 4) is 0 Å². The van der Waals surface area contributed by atoms with E-state index in [1.165, 1.54) is 5.56 Å². The third-order valence-electron chi connectivity index (χ3n) is 2.97. The van der Waals surface area contributed by atoms with Crippen LogP contribution in [0, 0.1) is 0 Å². The van der Waals surface area contributed by atoms with Gasteiger partial charge in [-0.05, 0) is 30.9 Å². The summed E-state index contributed by atoms with van der Waals surface area (Å²) in [6.45, 7) is 4.51. The first kappa shape index (κ1) is 10.9. The maximum Gasteiger partial charge on any atom is 0.227 e. The third kappa shape index (κ3) is 2.16. The number of aryl methyl sites for hydroxylation is 1. The number of hydrogen-bond acceptors (Lipinski definition) is 1. The highest BCUT2D eigenvalue weighted by Crippen LogP contribution is 2.27. The maximum atomic E-state index is 12.0. The molecule has 1 amide bonds. The average molecular weight is 215 g/mol. The van der Waals surface area contributed by atoms with Crippen molar-refractivity contribution < 1.29 is 4.79 Å². The molecule has 1 aliphatic heterocycles. The van der Waals surface area contributed by atoms with Gasteiger partial charge in [0.15, 0.2) is 0 Å². The highest BCUT2D eigenvalue weighted by Gasteiger charge is 2.20. The molecule has 84 valence electrons. The van der Waals surface area contributed by atoms with Crippen LogP contribution in [0.25, 0.3) is 0 Å². The van der Waals surface area contributed by atoms with E-state index in [0.717, 1.165) is 31.5 Å². The lowest BCUT2D eigenvalue weighted by Crippen LogP contribution is -2.35. The van der Waals surface area contributed by atoms with Gasteiger partial charge in [-0.2, -0.15) is 0 Å². The summed E-state index contributed by atoms with van der Waals surface area (Å²) >= 11 is 0. The Labute approximate surface area is 96.6 Å². The number of hydrogen-bond donors (Lipinski definition) is 0. The van der Waals surface area contributed by atoms with E-state index in [9.17, 15) is 4.79 Å². The van der Waals surface area contributed by atoms with Crippen molar-refractivity contribution >= 4 is 11.6 Å². The Hall–Kier alpha value is -1.57. The first-order valence-electron chi connectivity index (χ1n) is 5.82. The molecule has 0 radical (unpaired) electrons. The molecule has 0 atom stereocenters. The number of carbonyl (C=O) groups excluding carboxylic acids is 1. The van der Waals surface area contributed by atoms with Crippen molar-refractivity contribution in [3.05, 3.63) is 42.5 Å². The van der Waals surface area contributed by atoms with Crippen molar-refractivity contribution in [3.63, 3.8) is 0 Å². The Morgan fingerprint density at radius 2 is 2.25 bits per heavy atom. The summed E-state index contributed by atoms with van der Waals surface area (Å²) < 4.78 is 0. The van der Waals surface area contributed by atoms with Crippen LogP contribution < -0.4 is 4.90 Å². The molecule has 1 aromatic rings. The molecule has 1 aliphatic rings. The molecule has 1 aromatic carbocycles. The lowest BCUT2D eigenvalue weighted by Gasteiger charge is -2.29. The van der Waals surface area contributed by atoms with Crippen LogP contribution in [0.1, 0.15) is 24.8 Å². The summed E-state index contributed by atoms with van der Waals surface area (Å²) in [6, 6.07) is 8.19. The number of rotatable bonds is 3. The van der Waals surface area contributed by atoms with Gasteiger partial charge < -0.3 is 4.90 Å². The summed E-state index contributed by atoms with van der Waals surface area (Å²) in [5.74, 6) is 0.215. The van der Waals surface area contributed by atoms with Crippen LogP contribution in [0.5, 0.6) is 0 Å². The second-order valence-electron chi connectivity index (χ2n) is 4.10. The molecule has 0 N–H and O–H groups in total. The molecule has 0 saturated carbocycles. The zero-order valence-electron chi connectivity index (χ0n) is 9.48. The molecule has 0 spiro atoms. The summed E-state index contributed by atoms with van der Waals surface area (Å²) in [5.41, 5.74) is 2.39. The minimum absolute atomic E-state index is 0.215. The number of fused-ring (bicyclic) bond motifs is 1. The Kier molecular flexibility index (Phi) is 3.40. The van der Waals surface area contributed by atoms with Gasteiger partial charge in [0.1, 0.15) is 0 Å². The Balaban J connectivity index is 2.18. The van der Waals surface area contributed by atoms with Gasteiger partial charge >= 0.3 is 0 Å². The number of nitrogens with zero attached hydrogens (tertiary/aromatic N) is 1. The van der Waals surface area contributed by atoms with Gasteiger partial charge in [0.05, 0.1) is 0 Å². The van der Waals surface area contributed by atoms with Crippen molar-refractivity contribution in [1.82, 2.24) is 0 Å². The smallest absolute Gasteiger partial charge is 0.227 e. The SMILES string of the molecule is C=CCCC(=O)N1CCCc2ccccc21. The second kappa shape index (κ2) is 4.97. The molecule has 2 rings (SSSR count). The van der Waals surface area contributed by atoms with Crippen LogP contribution in [0.2, 0.25) is 0 Å². The average Bonchev–Trinajstić information content (AvgIpc) is 2.35. The third-order valence-corrected chi connectivity index (χ3v) is 2.97. The first-order chi connectivity index (χ1) is 7.83. The number of carbonyl (C=O) groups is 1. The number of anilines is 1. The van der Waals surface area contributed by atoms with E-state index in [2.05, 4.69) is 12.6 Å². The fraction of sp³-hybridized carbons (Fsp3) is 0.357. The first-order valence-corrected chi connectivity index (χ1v) is 5.82. The normalized spacial score (nSPS) is 14.4. The quantitative estimate of drug-likeness (QED) is 0.710. The minimum Gasteiger partial charge on any atom is -0.312 e. The van der Waals surface area contributed by atoms with Crippen LogP contribution >= 0.6 is 0 Å². The standard InChI is InChI=1S/C14H17NO/c1-2-3-10-14(16)15-11-6-8-12-7-4-5-9-13(12)15/h2,4-5,7,9H,1,3,6,8,10-11H2. The molecule has 0 fully saturated rings. The van der Waals surface area contributed by atoms with Gasteiger partial charge in [-0.25, -0.2) is 0 Å². The number of amides is 1. The van der Waals surface area contributed by atoms with E-state index in [-0.39, 0.29) is 5.91 Å². The van der Waals surface area contributed by atoms with E-state index in [1.807, 2.05) is 23.1 Å². The molecular weight excluding hydrogens is 198 g/mol. The summed E-state index contributed by atoms with van der Waals surface area (Å²) in [7, 11) is 0. The van der Waals surface area contributed by atoms with Gasteiger partial charge in [0.2, 0.25) is 5.91 Å². The van der Waals surface area contributed by atoms with Crippen LogP contribution in [0.4, 0.5) is 5.69 Å². The Morgan fingerprint density at radius 3 is 3.06 bits per heavy atom.